The van der Waals surface area contributed by atoms with Gasteiger partial charge in [0.15, 0.2) is 0 Å². The van der Waals surface area contributed by atoms with Gasteiger partial charge in [0.05, 0.1) is 11.9 Å². The van der Waals surface area contributed by atoms with E-state index in [-0.39, 0.29) is 0 Å². The predicted octanol–water partition coefficient (Wildman–Crippen LogP) is 4.70. The van der Waals surface area contributed by atoms with E-state index in [9.17, 15) is 0 Å². The van der Waals surface area contributed by atoms with E-state index in [0.717, 1.165) is 5.69 Å². The van der Waals surface area contributed by atoms with Gasteiger partial charge in [-0.2, -0.15) is 4.57 Å². The molecule has 4 heteroatoms. The maximum Gasteiger partial charge on any atom is 0.212 e. The van der Waals surface area contributed by atoms with Crippen molar-refractivity contribution in [1.29, 1.82) is 0 Å². The Morgan fingerprint density at radius 2 is 1.83 bits per heavy atom. The summed E-state index contributed by atoms with van der Waals surface area (Å²) < 4.78 is 4.49. The monoisotopic (exact) mass is 383 g/mol. The molecule has 4 nitrogen and oxygen atoms in total. The molecule has 0 radical (unpaired) electrons. The third-order valence-electron chi connectivity index (χ3n) is 5.52. The molecule has 146 valence electrons. The summed E-state index contributed by atoms with van der Waals surface area (Å²) in [6.45, 7) is 4.29. The molecule has 0 N–H and O–H groups in total. The summed E-state index contributed by atoms with van der Waals surface area (Å²) in [4.78, 5) is 6.39. The highest BCUT2D eigenvalue weighted by Crippen LogP contribution is 2.23. The molecule has 1 aromatic carbocycles. The molecular weight excluding hydrogens is 356 g/mol. The summed E-state index contributed by atoms with van der Waals surface area (Å²) >= 11 is 0. The fraction of sp³-hybridized carbons (Fsp3) is 0.200. The first-order valence-corrected chi connectivity index (χ1v) is 9.83. The van der Waals surface area contributed by atoms with Crippen molar-refractivity contribution in [2.24, 2.45) is 7.05 Å². The van der Waals surface area contributed by atoms with Gasteiger partial charge in [0.2, 0.25) is 11.2 Å². The fourth-order valence-electron chi connectivity index (χ4n) is 3.87. The average molecular weight is 384 g/mol. The zero-order chi connectivity index (χ0) is 20.5. The summed E-state index contributed by atoms with van der Waals surface area (Å²) in [5.74, 6) is 0. The number of benzene rings is 1. The molecule has 3 heterocycles. The van der Waals surface area contributed by atoms with Crippen molar-refractivity contribution in [2.75, 3.05) is 19.0 Å². The smallest absolute Gasteiger partial charge is 0.212 e. The van der Waals surface area contributed by atoms with Crippen molar-refractivity contribution in [3.63, 3.8) is 0 Å². The Balaban J connectivity index is 1.70. The van der Waals surface area contributed by atoms with E-state index >= 15 is 0 Å². The molecule has 0 amide bonds. The molecule has 0 bridgehead atoms. The lowest BCUT2D eigenvalue weighted by atomic mass is 10.1. The van der Waals surface area contributed by atoms with Crippen LogP contribution in [0.4, 0.5) is 5.69 Å². The van der Waals surface area contributed by atoms with Gasteiger partial charge in [-0.25, -0.2) is 0 Å². The minimum Gasteiger partial charge on any atom is -0.378 e. The molecule has 0 spiro atoms. The molecule has 4 rings (SSSR count). The van der Waals surface area contributed by atoms with Crippen molar-refractivity contribution < 1.29 is 4.57 Å². The highest BCUT2D eigenvalue weighted by molar-refractivity contribution is 5.81. The van der Waals surface area contributed by atoms with Gasteiger partial charge in [-0.15, -0.1) is 0 Å². The third-order valence-corrected chi connectivity index (χ3v) is 5.52. The van der Waals surface area contributed by atoms with Gasteiger partial charge in [-0.05, 0) is 61.9 Å². The standard InChI is InChI=1S/C25H27N4/c1-18-15-20(19(2)29(18)24-7-6-14-26-17-24)8-10-22-11-9-21-16-23(27(3)4)12-13-25(21)28(22)5/h6-17H,1-5H3/q+1. The molecule has 29 heavy (non-hydrogen) atoms. The number of rotatable bonds is 4. The van der Waals surface area contributed by atoms with E-state index in [1.54, 1.807) is 6.20 Å². The molecule has 0 saturated heterocycles. The molecule has 0 aliphatic rings. The SMILES string of the molecule is Cc1cc(/C=C/c2ccc3cc(N(C)C)ccc3[n+]2C)c(C)n1-c1cccnc1. The quantitative estimate of drug-likeness (QED) is 0.477. The number of hydrogen-bond acceptors (Lipinski definition) is 2. The Labute approximate surface area is 172 Å². The molecule has 0 fully saturated rings. The van der Waals surface area contributed by atoms with Crippen molar-refractivity contribution in [3.8, 4) is 5.69 Å². The molecule has 0 atom stereocenters. The van der Waals surface area contributed by atoms with E-state index in [4.69, 9.17) is 0 Å². The highest BCUT2D eigenvalue weighted by atomic mass is 15.1. The van der Waals surface area contributed by atoms with E-state index < -0.39 is 0 Å². The fourth-order valence-corrected chi connectivity index (χ4v) is 3.87. The van der Waals surface area contributed by atoms with E-state index in [0.29, 0.717) is 0 Å². The van der Waals surface area contributed by atoms with Crippen LogP contribution in [-0.2, 0) is 7.05 Å². The van der Waals surface area contributed by atoms with E-state index in [1.165, 1.54) is 39.2 Å². The molecule has 3 aromatic heterocycles. The first-order chi connectivity index (χ1) is 14.0. The number of aryl methyl sites for hydroxylation is 2. The maximum absolute atomic E-state index is 4.26. The lowest BCUT2D eigenvalue weighted by molar-refractivity contribution is -0.646. The van der Waals surface area contributed by atoms with Gasteiger partial charge < -0.3 is 9.47 Å². The van der Waals surface area contributed by atoms with Crippen molar-refractivity contribution in [3.05, 3.63) is 83.6 Å². The number of nitrogens with zero attached hydrogens (tertiary/aromatic N) is 4. The lowest BCUT2D eigenvalue weighted by Gasteiger charge is -2.12. The molecular formula is C25H27N4+. The van der Waals surface area contributed by atoms with Crippen LogP contribution in [0.1, 0.15) is 22.6 Å². The maximum atomic E-state index is 4.26. The second-order valence-corrected chi connectivity index (χ2v) is 7.66. The topological polar surface area (TPSA) is 24.9 Å². The Morgan fingerprint density at radius 1 is 1.00 bits per heavy atom. The summed E-state index contributed by atoms with van der Waals surface area (Å²) in [6.07, 6.45) is 8.09. The van der Waals surface area contributed by atoms with Crippen LogP contribution in [0.15, 0.2) is 60.9 Å². The second-order valence-electron chi connectivity index (χ2n) is 7.66. The van der Waals surface area contributed by atoms with Gasteiger partial charge in [0.1, 0.15) is 7.05 Å². The Hall–Kier alpha value is -3.40. The molecule has 0 aliphatic carbocycles. The van der Waals surface area contributed by atoms with Crippen LogP contribution in [0, 0.1) is 13.8 Å². The van der Waals surface area contributed by atoms with Gasteiger partial charge in [-0.1, -0.05) is 0 Å². The van der Waals surface area contributed by atoms with Gasteiger partial charge in [0, 0.05) is 61.0 Å². The molecule has 4 aromatic rings. The largest absolute Gasteiger partial charge is 0.378 e. The Bertz CT molecular complexity index is 1200. The predicted molar refractivity (Wildman–Crippen MR) is 121 cm³/mol. The average Bonchev–Trinajstić information content (AvgIpc) is 3.01. The number of pyridine rings is 2. The van der Waals surface area contributed by atoms with Gasteiger partial charge in [-0.3, -0.25) is 4.98 Å². The highest BCUT2D eigenvalue weighted by Gasteiger charge is 2.12. The Kier molecular flexibility index (Phi) is 4.93. The van der Waals surface area contributed by atoms with Crippen molar-refractivity contribution >= 4 is 28.7 Å². The summed E-state index contributed by atoms with van der Waals surface area (Å²) in [5.41, 5.74) is 8.33. The first-order valence-electron chi connectivity index (χ1n) is 9.83. The van der Waals surface area contributed by atoms with E-state index in [2.05, 4.69) is 109 Å². The third kappa shape index (κ3) is 3.54. The molecule has 0 aliphatic heterocycles. The van der Waals surface area contributed by atoms with Crippen molar-refractivity contribution in [1.82, 2.24) is 9.55 Å². The molecule has 0 saturated carbocycles. The number of anilines is 1. The van der Waals surface area contributed by atoms with E-state index in [1.807, 2.05) is 12.3 Å². The minimum absolute atomic E-state index is 1.09. The van der Waals surface area contributed by atoms with Crippen LogP contribution in [0.2, 0.25) is 0 Å². The van der Waals surface area contributed by atoms with Crippen LogP contribution in [0.25, 0.3) is 28.7 Å². The lowest BCUT2D eigenvalue weighted by Crippen LogP contribution is -2.32. The summed E-state index contributed by atoms with van der Waals surface area (Å²) in [5, 5.41) is 1.24. The number of fused-ring (bicyclic) bond motifs is 1. The minimum atomic E-state index is 1.09. The van der Waals surface area contributed by atoms with Gasteiger partial charge >= 0.3 is 0 Å². The number of hydrogen-bond donors (Lipinski definition) is 0. The summed E-state index contributed by atoms with van der Waals surface area (Å²) in [6, 6.07) is 17.2. The molecule has 0 unspecified atom stereocenters. The zero-order valence-electron chi connectivity index (χ0n) is 17.7. The summed E-state index contributed by atoms with van der Waals surface area (Å²) in [7, 11) is 6.26. The van der Waals surface area contributed by atoms with Crippen LogP contribution in [-0.4, -0.2) is 23.6 Å². The number of aromatic nitrogens is 3. The first kappa shape index (κ1) is 18.9. The van der Waals surface area contributed by atoms with Crippen molar-refractivity contribution in [2.45, 2.75) is 13.8 Å². The normalized spacial score (nSPS) is 11.5. The van der Waals surface area contributed by atoms with Crippen LogP contribution in [0.5, 0.6) is 0 Å². The zero-order valence-corrected chi connectivity index (χ0v) is 17.7. The second kappa shape index (κ2) is 7.55. The van der Waals surface area contributed by atoms with Crippen LogP contribution < -0.4 is 9.47 Å². The van der Waals surface area contributed by atoms with Gasteiger partial charge in [0.25, 0.3) is 0 Å². The van der Waals surface area contributed by atoms with Crippen LogP contribution >= 0.6 is 0 Å². The van der Waals surface area contributed by atoms with Crippen LogP contribution in [0.3, 0.4) is 0 Å². The Morgan fingerprint density at radius 3 is 2.55 bits per heavy atom.